The third-order valence-corrected chi connectivity index (χ3v) is 3.78. The van der Waals surface area contributed by atoms with Gasteiger partial charge in [-0.05, 0) is 69.5 Å². The van der Waals surface area contributed by atoms with Crippen molar-refractivity contribution >= 4 is 56.7 Å². The fourth-order valence-corrected chi connectivity index (χ4v) is 2.78. The Morgan fingerprint density at radius 1 is 0.786 bits per heavy atom. The Morgan fingerprint density at radius 2 is 1.14 bits per heavy atom. The van der Waals surface area contributed by atoms with Gasteiger partial charge in [-0.2, -0.15) is 0 Å². The van der Waals surface area contributed by atoms with E-state index in [1.165, 1.54) is 12.2 Å². The van der Waals surface area contributed by atoms with E-state index in [1.807, 2.05) is 12.1 Å². The zero-order chi connectivity index (χ0) is 10.3. The summed E-state index contributed by atoms with van der Waals surface area (Å²) in [6.45, 7) is 0. The Kier molecular flexibility index (Phi) is 2.74. The zero-order valence-corrected chi connectivity index (χ0v) is 11.2. The largest absolute Gasteiger partial charge is 0.289 e. The molecule has 4 heteroatoms. The van der Waals surface area contributed by atoms with Gasteiger partial charge in [0, 0.05) is 18.3 Å². The van der Waals surface area contributed by atoms with Crippen molar-refractivity contribution < 1.29 is 9.59 Å². The van der Waals surface area contributed by atoms with Crippen LogP contribution in [0, 0.1) is 7.14 Å². The van der Waals surface area contributed by atoms with Crippen molar-refractivity contribution in [2.45, 2.75) is 0 Å². The van der Waals surface area contributed by atoms with Crippen LogP contribution in [-0.4, -0.2) is 11.6 Å². The third-order valence-electron chi connectivity index (χ3n) is 1.98. The van der Waals surface area contributed by atoms with Gasteiger partial charge in [0.2, 0.25) is 0 Å². The minimum Gasteiger partial charge on any atom is -0.289 e. The summed E-state index contributed by atoms with van der Waals surface area (Å²) in [5, 5.41) is 0. The Hall–Kier alpha value is -0.240. The van der Waals surface area contributed by atoms with Crippen molar-refractivity contribution in [3.05, 3.63) is 42.6 Å². The van der Waals surface area contributed by atoms with E-state index in [-0.39, 0.29) is 11.6 Å². The topological polar surface area (TPSA) is 34.1 Å². The van der Waals surface area contributed by atoms with Crippen LogP contribution in [0.5, 0.6) is 0 Å². The van der Waals surface area contributed by atoms with Crippen LogP contribution in [0.25, 0.3) is 0 Å². The molecule has 1 aromatic carbocycles. The summed E-state index contributed by atoms with van der Waals surface area (Å²) < 4.78 is 1.67. The van der Waals surface area contributed by atoms with Crippen LogP contribution < -0.4 is 0 Å². The summed E-state index contributed by atoms with van der Waals surface area (Å²) in [7, 11) is 0. The summed E-state index contributed by atoms with van der Waals surface area (Å²) in [6, 6.07) is 3.71. The second kappa shape index (κ2) is 3.73. The summed E-state index contributed by atoms with van der Waals surface area (Å²) >= 11 is 4.15. The Bertz CT molecular complexity index is 432. The summed E-state index contributed by atoms with van der Waals surface area (Å²) in [5.74, 6) is -0.162. The highest BCUT2D eigenvalue weighted by molar-refractivity contribution is 14.1. The second-order valence-electron chi connectivity index (χ2n) is 2.84. The highest BCUT2D eigenvalue weighted by atomic mass is 127. The molecule has 0 spiro atoms. The van der Waals surface area contributed by atoms with Gasteiger partial charge < -0.3 is 0 Å². The van der Waals surface area contributed by atoms with E-state index in [0.29, 0.717) is 11.1 Å². The van der Waals surface area contributed by atoms with Crippen LogP contribution in [0.4, 0.5) is 0 Å². The molecule has 0 fully saturated rings. The van der Waals surface area contributed by atoms with Crippen molar-refractivity contribution in [3.8, 4) is 0 Å². The van der Waals surface area contributed by atoms with Gasteiger partial charge in [-0.25, -0.2) is 0 Å². The van der Waals surface area contributed by atoms with Gasteiger partial charge in [0.05, 0.1) is 0 Å². The van der Waals surface area contributed by atoms with E-state index in [1.54, 1.807) is 0 Å². The zero-order valence-electron chi connectivity index (χ0n) is 6.88. The van der Waals surface area contributed by atoms with Crippen LogP contribution in [0.1, 0.15) is 20.7 Å². The van der Waals surface area contributed by atoms with Gasteiger partial charge in [0.15, 0.2) is 11.6 Å². The molecule has 0 atom stereocenters. The lowest BCUT2D eigenvalue weighted by Crippen LogP contribution is -2.15. The number of carbonyl (C=O) groups excluding carboxylic acids is 2. The van der Waals surface area contributed by atoms with Crippen LogP contribution >= 0.6 is 45.2 Å². The van der Waals surface area contributed by atoms with E-state index in [2.05, 4.69) is 45.2 Å². The molecule has 0 amide bonds. The minimum atomic E-state index is -0.0810. The summed E-state index contributed by atoms with van der Waals surface area (Å²) in [5.41, 5.74) is 1.09. The predicted molar refractivity (Wildman–Crippen MR) is 69.7 cm³/mol. The first-order valence-corrected chi connectivity index (χ1v) is 6.02. The van der Waals surface area contributed by atoms with Crippen molar-refractivity contribution in [2.24, 2.45) is 0 Å². The fourth-order valence-electron chi connectivity index (χ4n) is 1.35. The highest BCUT2D eigenvalue weighted by Gasteiger charge is 2.23. The van der Waals surface area contributed by atoms with Crippen molar-refractivity contribution in [1.82, 2.24) is 0 Å². The predicted octanol–water partition coefficient (Wildman–Crippen LogP) is 2.83. The molecule has 0 unspecified atom stereocenters. The molecule has 1 aromatic rings. The summed E-state index contributed by atoms with van der Waals surface area (Å²) in [6.07, 6.45) is 2.67. The van der Waals surface area contributed by atoms with Gasteiger partial charge in [0.25, 0.3) is 0 Å². The number of fused-ring (bicyclic) bond motifs is 1. The molecule has 1 aliphatic rings. The fraction of sp³-hybridized carbons (Fsp3) is 0. The molecule has 0 N–H and O–H groups in total. The summed E-state index contributed by atoms with van der Waals surface area (Å²) in [4.78, 5) is 23.1. The molecule has 0 saturated heterocycles. The van der Waals surface area contributed by atoms with Crippen LogP contribution in [-0.2, 0) is 0 Å². The molecular formula is C10H4I2O2. The molecule has 2 nitrogen and oxygen atoms in total. The van der Waals surface area contributed by atoms with Gasteiger partial charge in [-0.15, -0.1) is 0 Å². The maximum Gasteiger partial charge on any atom is 0.187 e. The first-order chi connectivity index (χ1) is 6.61. The number of hydrogen-bond acceptors (Lipinski definition) is 2. The second-order valence-corrected chi connectivity index (χ2v) is 5.17. The number of halogens is 2. The number of carbonyl (C=O) groups is 2. The lowest BCUT2D eigenvalue weighted by Gasteiger charge is -2.12. The van der Waals surface area contributed by atoms with E-state index in [9.17, 15) is 9.59 Å². The Balaban J connectivity index is 2.83. The molecule has 70 valence electrons. The van der Waals surface area contributed by atoms with Gasteiger partial charge >= 0.3 is 0 Å². The number of rotatable bonds is 0. The van der Waals surface area contributed by atoms with Crippen molar-refractivity contribution in [1.29, 1.82) is 0 Å². The first-order valence-electron chi connectivity index (χ1n) is 3.86. The quantitative estimate of drug-likeness (QED) is 0.617. The molecular weight excluding hydrogens is 406 g/mol. The standard InChI is InChI=1S/C10H4I2O2/c11-5-1-2-6(12)10-8(14)4-3-7(13)9(5)10/h1-4H. The lowest BCUT2D eigenvalue weighted by atomic mass is 9.95. The number of benzene rings is 1. The molecule has 0 bridgehead atoms. The Morgan fingerprint density at radius 3 is 1.50 bits per heavy atom. The SMILES string of the molecule is O=C1C=CC(=O)c2c(I)ccc(I)c21. The molecule has 0 heterocycles. The van der Waals surface area contributed by atoms with Crippen molar-refractivity contribution in [2.75, 3.05) is 0 Å². The molecule has 2 rings (SSSR count). The van der Waals surface area contributed by atoms with E-state index < -0.39 is 0 Å². The monoisotopic (exact) mass is 410 g/mol. The Labute approximate surface area is 108 Å². The van der Waals surface area contributed by atoms with Crippen LogP contribution in [0.3, 0.4) is 0 Å². The number of hydrogen-bond donors (Lipinski definition) is 0. The van der Waals surface area contributed by atoms with E-state index >= 15 is 0 Å². The molecule has 0 aliphatic heterocycles. The van der Waals surface area contributed by atoms with Gasteiger partial charge in [0.1, 0.15) is 0 Å². The normalized spacial score (nSPS) is 14.4. The lowest BCUT2D eigenvalue weighted by molar-refractivity contribution is 0.0993. The third kappa shape index (κ3) is 1.54. The molecule has 14 heavy (non-hydrogen) atoms. The number of ketones is 2. The number of allylic oxidation sites excluding steroid dienone is 2. The average Bonchev–Trinajstić information content (AvgIpc) is 2.16. The maximum absolute atomic E-state index is 11.6. The van der Waals surface area contributed by atoms with Crippen LogP contribution in [0.2, 0.25) is 0 Å². The van der Waals surface area contributed by atoms with E-state index in [4.69, 9.17) is 0 Å². The van der Waals surface area contributed by atoms with Crippen molar-refractivity contribution in [3.63, 3.8) is 0 Å². The van der Waals surface area contributed by atoms with Crippen LogP contribution in [0.15, 0.2) is 24.3 Å². The highest BCUT2D eigenvalue weighted by Crippen LogP contribution is 2.26. The molecule has 1 aliphatic carbocycles. The van der Waals surface area contributed by atoms with E-state index in [0.717, 1.165) is 7.14 Å². The minimum absolute atomic E-state index is 0.0810. The molecule has 0 radical (unpaired) electrons. The first kappa shape index (κ1) is 10.3. The van der Waals surface area contributed by atoms with Gasteiger partial charge in [-0.1, -0.05) is 0 Å². The smallest absolute Gasteiger partial charge is 0.187 e. The molecule has 0 aromatic heterocycles. The average molecular weight is 410 g/mol. The maximum atomic E-state index is 11.6. The molecule has 0 saturated carbocycles. The van der Waals surface area contributed by atoms with Gasteiger partial charge in [-0.3, -0.25) is 9.59 Å².